The minimum absolute atomic E-state index is 0.0297. The van der Waals surface area contributed by atoms with Gasteiger partial charge in [0.15, 0.2) is 0 Å². The number of nitrogens with zero attached hydrogens (tertiary/aromatic N) is 5. The molecule has 348 valence electrons. The second-order valence-electron chi connectivity index (χ2n) is 14.5. The maximum Gasteiger partial charge on any atom is 0.515 e. The summed E-state index contributed by atoms with van der Waals surface area (Å²) in [6, 6.07) is 14.3. The van der Waals surface area contributed by atoms with Crippen LogP contribution in [0.4, 0.5) is 31.8 Å². The summed E-state index contributed by atoms with van der Waals surface area (Å²) in [6.45, 7) is 3.71. The van der Waals surface area contributed by atoms with Crippen molar-refractivity contribution in [3.8, 4) is 22.5 Å². The number of fused-ring (bicyclic) bond motifs is 2. The molecule has 0 saturated heterocycles. The number of aromatic nitrogens is 3. The number of benzene rings is 4. The Balaban J connectivity index is 1.14. The first kappa shape index (κ1) is 48.6. The molecule has 1 aliphatic carbocycles. The Morgan fingerprint density at radius 1 is 0.908 bits per heavy atom. The van der Waals surface area contributed by atoms with Crippen molar-refractivity contribution in [3.63, 3.8) is 0 Å². The number of ether oxygens (including phenoxy) is 1. The largest absolute Gasteiger partial charge is 0.515 e. The molecule has 0 atom stereocenters. The van der Waals surface area contributed by atoms with Gasteiger partial charge >= 0.3 is 6.98 Å². The third kappa shape index (κ3) is 10.7. The van der Waals surface area contributed by atoms with E-state index in [2.05, 4.69) is 24.5 Å². The van der Waals surface area contributed by atoms with Gasteiger partial charge in [-0.3, -0.25) is 9.35 Å². The molecule has 15 nitrogen and oxygen atoms in total. The normalized spacial score (nSPS) is 12.3. The lowest BCUT2D eigenvalue weighted by Gasteiger charge is -2.22. The summed E-state index contributed by atoms with van der Waals surface area (Å²) in [5.74, 6) is -7.55. The van der Waals surface area contributed by atoms with Gasteiger partial charge in [-0.2, -0.15) is 8.42 Å². The van der Waals surface area contributed by atoms with Gasteiger partial charge in [0.05, 0.1) is 43.5 Å². The number of rotatable bonds is 19. The van der Waals surface area contributed by atoms with Crippen molar-refractivity contribution in [3.05, 3.63) is 101 Å². The Morgan fingerprint density at radius 2 is 1.62 bits per heavy atom. The Hall–Kier alpha value is -5.82. The molecule has 3 aromatic carbocycles. The van der Waals surface area contributed by atoms with Crippen molar-refractivity contribution >= 4 is 55.1 Å². The predicted octanol–water partition coefficient (Wildman–Crippen LogP) is 5.10. The number of carbonyl (C=O) groups is 1. The lowest BCUT2D eigenvalue weighted by Crippen LogP contribution is -2.42. The lowest BCUT2D eigenvalue weighted by atomic mass is 9.78. The summed E-state index contributed by atoms with van der Waals surface area (Å²) in [7, 11) is -9.40. The van der Waals surface area contributed by atoms with Crippen LogP contribution >= 0.6 is 0 Å². The Kier molecular flexibility index (Phi) is 14.8. The van der Waals surface area contributed by atoms with Crippen molar-refractivity contribution in [2.45, 2.75) is 50.6 Å². The highest BCUT2D eigenvalue weighted by Gasteiger charge is 2.36. The molecule has 2 aliphatic rings. The number of anilines is 1. The lowest BCUT2D eigenvalue weighted by molar-refractivity contribution is 0.0942. The van der Waals surface area contributed by atoms with Crippen LogP contribution in [0.2, 0.25) is 0 Å². The van der Waals surface area contributed by atoms with Crippen LogP contribution in [0.1, 0.15) is 43.7 Å². The van der Waals surface area contributed by atoms with Crippen molar-refractivity contribution in [1.29, 1.82) is 0 Å². The van der Waals surface area contributed by atoms with E-state index in [1.54, 1.807) is 12.1 Å². The van der Waals surface area contributed by atoms with Crippen LogP contribution < -0.4 is 30.3 Å². The van der Waals surface area contributed by atoms with Crippen LogP contribution in [0.25, 0.3) is 33.4 Å². The number of hydrogen-bond acceptors (Lipinski definition) is 10. The van der Waals surface area contributed by atoms with Crippen LogP contribution in [0, 0.1) is 17.5 Å². The van der Waals surface area contributed by atoms with Gasteiger partial charge in [-0.05, 0) is 63.5 Å². The van der Waals surface area contributed by atoms with E-state index in [0.29, 0.717) is 27.9 Å². The molecule has 0 bridgehead atoms. The number of carbonyl (C=O) groups excluding carboxylic acids is 1. The van der Waals surface area contributed by atoms with Gasteiger partial charge in [-0.25, -0.2) is 35.6 Å². The molecule has 1 aliphatic heterocycles. The van der Waals surface area contributed by atoms with E-state index in [0.717, 1.165) is 43.3 Å². The van der Waals surface area contributed by atoms with Crippen molar-refractivity contribution in [2.75, 3.05) is 50.8 Å². The third-order valence-corrected chi connectivity index (χ3v) is 12.9. The zero-order chi connectivity index (χ0) is 47.4. The fraction of sp³-hybridized carbons (Fsp3) is 0.317. The highest BCUT2D eigenvalue weighted by Crippen LogP contribution is 2.43. The van der Waals surface area contributed by atoms with Crippen LogP contribution in [-0.2, 0) is 38.0 Å². The van der Waals surface area contributed by atoms with Gasteiger partial charge in [0, 0.05) is 65.6 Å². The van der Waals surface area contributed by atoms with Crippen LogP contribution in [0.15, 0.2) is 81.1 Å². The third-order valence-electron chi connectivity index (χ3n) is 10.5. The highest BCUT2D eigenvalue weighted by molar-refractivity contribution is 7.89. The zero-order valence-electron chi connectivity index (χ0n) is 35.4. The second-order valence-corrected chi connectivity index (χ2v) is 17.7. The summed E-state index contributed by atoms with van der Waals surface area (Å²) in [5, 5.41) is 10.9. The molecule has 1 amide bonds. The second kappa shape index (κ2) is 19.7. The summed E-state index contributed by atoms with van der Waals surface area (Å²) in [4.78, 5) is 13.4. The van der Waals surface area contributed by atoms with E-state index >= 15 is 0 Å². The molecular formula is C41H44BF6N7O8S2. The van der Waals surface area contributed by atoms with E-state index in [9.17, 15) is 52.3 Å². The van der Waals surface area contributed by atoms with E-state index in [1.807, 2.05) is 57.3 Å². The maximum atomic E-state index is 14.4. The van der Waals surface area contributed by atoms with E-state index in [-0.39, 0.29) is 43.6 Å². The first-order valence-corrected chi connectivity index (χ1v) is 23.2. The van der Waals surface area contributed by atoms with Crippen molar-refractivity contribution in [2.24, 2.45) is 0 Å². The van der Waals surface area contributed by atoms with E-state index in [4.69, 9.17) is 9.15 Å². The molecule has 0 fully saturated rings. The number of hydrogen-bond donors (Lipinski definition) is 3. The smallest absolute Gasteiger partial charge is 0.456 e. The highest BCUT2D eigenvalue weighted by atomic mass is 32.2. The van der Waals surface area contributed by atoms with Gasteiger partial charge in [-0.1, -0.05) is 11.3 Å². The zero-order valence-corrected chi connectivity index (χ0v) is 37.1. The summed E-state index contributed by atoms with van der Waals surface area (Å²) in [6.07, 6.45) is 1.29. The minimum atomic E-state index is -6.24. The van der Waals surface area contributed by atoms with Crippen LogP contribution in [-0.4, -0.2) is 95.2 Å². The molecule has 2 heterocycles. The van der Waals surface area contributed by atoms with Gasteiger partial charge in [0.1, 0.15) is 58.0 Å². The summed E-state index contributed by atoms with van der Waals surface area (Å²) < 4.78 is 163. The maximum absolute atomic E-state index is 14.4. The Bertz CT molecular complexity index is 3010. The molecule has 65 heavy (non-hydrogen) atoms. The Labute approximate surface area is 369 Å². The minimum Gasteiger partial charge on any atom is -0.456 e. The fourth-order valence-electron chi connectivity index (χ4n) is 7.31. The fourth-order valence-corrected chi connectivity index (χ4v) is 9.15. The van der Waals surface area contributed by atoms with Crippen LogP contribution in [0.3, 0.4) is 0 Å². The summed E-state index contributed by atoms with van der Waals surface area (Å²) in [5.41, 5.74) is -1.66. The Morgan fingerprint density at radius 3 is 2.28 bits per heavy atom. The number of amides is 1. The first-order valence-electron chi connectivity index (χ1n) is 20.3. The van der Waals surface area contributed by atoms with Gasteiger partial charge in [0.25, 0.3) is 16.0 Å². The molecule has 0 spiro atoms. The average Bonchev–Trinajstić information content (AvgIpc) is 3.70. The first-order chi connectivity index (χ1) is 30.7. The van der Waals surface area contributed by atoms with Gasteiger partial charge in [-0.15, -0.1) is 5.10 Å². The molecule has 0 saturated carbocycles. The molecule has 1 aromatic heterocycles. The van der Waals surface area contributed by atoms with Gasteiger partial charge in [0.2, 0.25) is 15.4 Å². The number of sulfonamides is 1. The molecule has 6 rings (SSSR count). The SMILES string of the molecule is CCN(CC)c1ccc2c(-c3ccc(S(=O)(=O)NCCOCCn4cc(CNC(=O)c5c(F)cc(F)c([B-](F)(F)F)c5F)nn4)cc3S(=O)(=O)O)c3ccc(=[N+](CC)CC)cc-3oc2c1. The number of halogens is 6. The summed E-state index contributed by atoms with van der Waals surface area (Å²) >= 11 is 0. The van der Waals surface area contributed by atoms with E-state index < -0.39 is 77.8 Å². The molecule has 4 aromatic rings. The van der Waals surface area contributed by atoms with Crippen LogP contribution in [0.5, 0.6) is 0 Å². The quantitative estimate of drug-likeness (QED) is 0.0245. The molecule has 24 heteroatoms. The van der Waals surface area contributed by atoms with E-state index in [1.165, 1.54) is 23.0 Å². The molecule has 3 N–H and O–H groups in total. The average molecular weight is 952 g/mol. The van der Waals surface area contributed by atoms with Crippen molar-refractivity contribution < 1.29 is 61.5 Å². The molecule has 0 unspecified atom stereocenters. The monoisotopic (exact) mass is 951 g/mol. The topological polar surface area (TPSA) is 189 Å². The number of nitrogens with one attached hydrogen (secondary N) is 2. The standard InChI is InChI=1S/C41H44BF6N7O8S2/c1-5-53(6-2)26-9-12-29-34(19-26)63-35-20-27(54(7-3)8-4)10-13-30(35)37(29)31-14-11-28(21-36(31)65(59,60)61)64(57,58)50-15-17-62-18-16-55-24-25(51-52-55)23-49-41(56)38-32(43)22-33(44)39(40(38)45)42(46,47)48/h9-14,19-22,24,50H,5-8,15-18,23H2,1-4H3,(H,49,56)(H,59,60,61). The molecule has 0 radical (unpaired) electrons. The van der Waals surface area contributed by atoms with Crippen molar-refractivity contribution in [1.82, 2.24) is 29.6 Å². The predicted molar refractivity (Wildman–Crippen MR) is 230 cm³/mol. The van der Waals surface area contributed by atoms with Gasteiger partial charge < -0.3 is 32.3 Å². The molecular weight excluding hydrogens is 907 g/mol.